The fraction of sp³-hybridized carbons (Fsp3) is 0.364. The highest BCUT2D eigenvalue weighted by molar-refractivity contribution is 5.73. The number of hydrogen-bond donors (Lipinski definition) is 1. The van der Waals surface area contributed by atoms with Crippen LogP contribution in [0.1, 0.15) is 11.1 Å². The molecule has 1 aliphatic heterocycles. The smallest absolute Gasteiger partial charge is 0.282 e. The topological polar surface area (TPSA) is 47.6 Å². The lowest BCUT2D eigenvalue weighted by atomic mass is 10.1. The number of hydrogen-bond acceptors (Lipinski definition) is 3. The molecule has 0 spiro atoms. The lowest BCUT2D eigenvalue weighted by molar-refractivity contribution is 0.312. The van der Waals surface area contributed by atoms with Gasteiger partial charge in [-0.25, -0.2) is 4.99 Å². The molecule has 74 valence electrons. The zero-order valence-electron chi connectivity index (χ0n) is 8.23. The fourth-order valence-electron chi connectivity index (χ4n) is 1.54. The average Bonchev–Trinajstić information content (AvgIpc) is 2.56. The van der Waals surface area contributed by atoms with Gasteiger partial charge in [0.15, 0.2) is 0 Å². The van der Waals surface area contributed by atoms with Gasteiger partial charge in [-0.2, -0.15) is 0 Å². The minimum atomic E-state index is 0.192. The van der Waals surface area contributed by atoms with E-state index in [1.165, 1.54) is 11.1 Å². The molecule has 0 saturated carbocycles. The van der Waals surface area contributed by atoms with E-state index >= 15 is 0 Å². The van der Waals surface area contributed by atoms with Crippen molar-refractivity contribution in [1.82, 2.24) is 0 Å². The van der Waals surface area contributed by atoms with Crippen LogP contribution in [0.5, 0.6) is 0 Å². The lowest BCUT2D eigenvalue weighted by Crippen LogP contribution is -2.11. The molecular formula is C11H14N2O. The third-order valence-electron chi connectivity index (χ3n) is 2.33. The highest BCUT2D eigenvalue weighted by Gasteiger charge is 2.16. The molecule has 0 aliphatic carbocycles. The third-order valence-corrected chi connectivity index (χ3v) is 2.33. The molecule has 2 N–H and O–H groups in total. The van der Waals surface area contributed by atoms with Crippen molar-refractivity contribution in [3.05, 3.63) is 35.4 Å². The zero-order valence-corrected chi connectivity index (χ0v) is 8.23. The molecule has 0 aromatic heterocycles. The minimum Gasteiger partial charge on any atom is -0.463 e. The second kappa shape index (κ2) is 3.70. The first-order valence-corrected chi connectivity index (χ1v) is 4.75. The number of nitrogens with two attached hydrogens (primary N) is 1. The highest BCUT2D eigenvalue weighted by Crippen LogP contribution is 2.11. The van der Waals surface area contributed by atoms with Crippen molar-refractivity contribution in [2.45, 2.75) is 19.4 Å². The average molecular weight is 190 g/mol. The van der Waals surface area contributed by atoms with Crippen LogP contribution < -0.4 is 5.73 Å². The Bertz CT molecular complexity index is 343. The minimum absolute atomic E-state index is 0.192. The van der Waals surface area contributed by atoms with E-state index in [0.717, 1.165) is 6.42 Å². The van der Waals surface area contributed by atoms with Gasteiger partial charge in [0.25, 0.3) is 6.02 Å². The number of benzene rings is 1. The Morgan fingerprint density at radius 3 is 2.71 bits per heavy atom. The summed E-state index contributed by atoms with van der Waals surface area (Å²) in [7, 11) is 0. The van der Waals surface area contributed by atoms with Crippen LogP contribution in [0, 0.1) is 6.92 Å². The van der Waals surface area contributed by atoms with Crippen LogP contribution in [0.25, 0.3) is 0 Å². The molecule has 1 aromatic rings. The normalized spacial score (nSPS) is 20.4. The molecule has 14 heavy (non-hydrogen) atoms. The van der Waals surface area contributed by atoms with E-state index in [9.17, 15) is 0 Å². The van der Waals surface area contributed by atoms with E-state index < -0.39 is 0 Å². The Hall–Kier alpha value is -1.51. The number of ether oxygens (including phenoxy) is 1. The number of nitrogens with zero attached hydrogens (tertiary/aromatic N) is 1. The van der Waals surface area contributed by atoms with Crippen LogP contribution in [0.2, 0.25) is 0 Å². The summed E-state index contributed by atoms with van der Waals surface area (Å²) in [5, 5.41) is 0. The van der Waals surface area contributed by atoms with Crippen molar-refractivity contribution in [1.29, 1.82) is 0 Å². The molecule has 0 fully saturated rings. The van der Waals surface area contributed by atoms with Crippen molar-refractivity contribution >= 4 is 6.02 Å². The summed E-state index contributed by atoms with van der Waals surface area (Å²) in [6.07, 6.45) is 0.904. The van der Waals surface area contributed by atoms with Crippen LogP contribution in [0.4, 0.5) is 0 Å². The molecule has 0 saturated heterocycles. The van der Waals surface area contributed by atoms with Crippen molar-refractivity contribution in [3.8, 4) is 0 Å². The molecular weight excluding hydrogens is 176 g/mol. The zero-order chi connectivity index (χ0) is 9.97. The second-order valence-electron chi connectivity index (χ2n) is 3.62. The van der Waals surface area contributed by atoms with E-state index in [-0.39, 0.29) is 6.04 Å². The van der Waals surface area contributed by atoms with Gasteiger partial charge in [0.05, 0.1) is 6.04 Å². The highest BCUT2D eigenvalue weighted by atomic mass is 16.5. The van der Waals surface area contributed by atoms with Crippen molar-refractivity contribution in [2.75, 3.05) is 6.61 Å². The maximum atomic E-state index is 5.43. The van der Waals surface area contributed by atoms with Crippen LogP contribution >= 0.6 is 0 Å². The van der Waals surface area contributed by atoms with Gasteiger partial charge in [0.1, 0.15) is 6.61 Å². The molecule has 3 nitrogen and oxygen atoms in total. The van der Waals surface area contributed by atoms with Gasteiger partial charge in [-0.15, -0.1) is 0 Å². The first-order valence-electron chi connectivity index (χ1n) is 4.75. The molecule has 1 aromatic carbocycles. The molecule has 0 radical (unpaired) electrons. The number of rotatable bonds is 2. The summed E-state index contributed by atoms with van der Waals surface area (Å²) in [4.78, 5) is 4.18. The van der Waals surface area contributed by atoms with Crippen LogP contribution in [0.3, 0.4) is 0 Å². The van der Waals surface area contributed by atoms with Crippen LogP contribution in [-0.2, 0) is 11.2 Å². The summed E-state index contributed by atoms with van der Waals surface area (Å²) in [6, 6.07) is 8.98. The van der Waals surface area contributed by atoms with E-state index in [0.29, 0.717) is 12.6 Å². The molecule has 3 heteroatoms. The van der Waals surface area contributed by atoms with E-state index in [2.05, 4.69) is 36.2 Å². The molecule has 1 atom stereocenters. The number of aliphatic imine (C=N–C) groups is 1. The summed E-state index contributed by atoms with van der Waals surface area (Å²) >= 11 is 0. The van der Waals surface area contributed by atoms with Crippen molar-refractivity contribution < 1.29 is 4.74 Å². The van der Waals surface area contributed by atoms with Gasteiger partial charge < -0.3 is 10.5 Å². The van der Waals surface area contributed by atoms with Crippen molar-refractivity contribution in [2.24, 2.45) is 10.7 Å². The van der Waals surface area contributed by atoms with Gasteiger partial charge in [0, 0.05) is 0 Å². The van der Waals surface area contributed by atoms with Gasteiger partial charge in [-0.05, 0) is 18.9 Å². The summed E-state index contributed by atoms with van der Waals surface area (Å²) in [5.41, 5.74) is 7.99. The van der Waals surface area contributed by atoms with Gasteiger partial charge in [-0.1, -0.05) is 29.8 Å². The maximum Gasteiger partial charge on any atom is 0.282 e. The fourth-order valence-corrected chi connectivity index (χ4v) is 1.54. The predicted octanol–water partition coefficient (Wildman–Crippen LogP) is 1.25. The van der Waals surface area contributed by atoms with Gasteiger partial charge in [-0.3, -0.25) is 0 Å². The Morgan fingerprint density at radius 1 is 1.43 bits per heavy atom. The predicted molar refractivity (Wildman–Crippen MR) is 56.2 cm³/mol. The van der Waals surface area contributed by atoms with Gasteiger partial charge >= 0.3 is 0 Å². The van der Waals surface area contributed by atoms with Crippen LogP contribution in [0.15, 0.2) is 29.3 Å². The Balaban J connectivity index is 2.01. The second-order valence-corrected chi connectivity index (χ2v) is 3.62. The van der Waals surface area contributed by atoms with Crippen molar-refractivity contribution in [3.63, 3.8) is 0 Å². The first-order chi connectivity index (χ1) is 6.74. The standard InChI is InChI=1S/C11H14N2O/c1-8-2-4-9(5-3-8)6-10-7-14-11(12)13-10/h2-5,10H,6-7H2,1H3,(H2,12,13)/t10-/m0/s1. The van der Waals surface area contributed by atoms with E-state index in [1.54, 1.807) is 0 Å². The lowest BCUT2D eigenvalue weighted by Gasteiger charge is -2.04. The number of amidine groups is 1. The molecule has 1 aliphatic rings. The first kappa shape index (κ1) is 9.06. The SMILES string of the molecule is Cc1ccc(C[C@H]2COC(N)=N2)cc1. The Kier molecular flexibility index (Phi) is 2.39. The summed E-state index contributed by atoms with van der Waals surface area (Å²) in [6.45, 7) is 2.69. The molecule has 2 rings (SSSR count). The summed E-state index contributed by atoms with van der Waals surface area (Å²) in [5.74, 6) is 0. The van der Waals surface area contributed by atoms with E-state index in [1.807, 2.05) is 0 Å². The Labute approximate surface area is 83.6 Å². The molecule has 1 heterocycles. The number of aryl methyl sites for hydroxylation is 1. The van der Waals surface area contributed by atoms with E-state index in [4.69, 9.17) is 10.5 Å². The monoisotopic (exact) mass is 190 g/mol. The molecule has 0 bridgehead atoms. The Morgan fingerprint density at radius 2 is 2.14 bits per heavy atom. The van der Waals surface area contributed by atoms with Gasteiger partial charge in [0.2, 0.25) is 0 Å². The van der Waals surface area contributed by atoms with Crippen LogP contribution in [-0.4, -0.2) is 18.7 Å². The summed E-state index contributed by atoms with van der Waals surface area (Å²) < 4.78 is 5.09. The quantitative estimate of drug-likeness (QED) is 0.763. The molecule has 0 unspecified atom stereocenters. The maximum absolute atomic E-state index is 5.43. The largest absolute Gasteiger partial charge is 0.463 e. The molecule has 0 amide bonds. The third kappa shape index (κ3) is 2.05.